The molecule has 3 heterocycles. The summed E-state index contributed by atoms with van der Waals surface area (Å²) in [7, 11) is 0. The molecule has 0 bridgehead atoms. The van der Waals surface area contributed by atoms with Gasteiger partial charge in [0.25, 0.3) is 5.91 Å². The van der Waals surface area contributed by atoms with Gasteiger partial charge >= 0.3 is 6.03 Å². The molecule has 0 aromatic carbocycles. The molecule has 1 aromatic heterocycles. The second kappa shape index (κ2) is 9.06. The fourth-order valence-corrected chi connectivity index (χ4v) is 4.50. The van der Waals surface area contributed by atoms with Crippen molar-refractivity contribution in [3.63, 3.8) is 0 Å². The van der Waals surface area contributed by atoms with Crippen molar-refractivity contribution in [2.75, 3.05) is 25.4 Å². The first-order valence-electron chi connectivity index (χ1n) is 8.92. The molecule has 1 unspecified atom stereocenters. The maximum Gasteiger partial charge on any atom is 0.325 e. The third-order valence-electron chi connectivity index (χ3n) is 4.97. The number of pyridine rings is 1. The van der Waals surface area contributed by atoms with Crippen LogP contribution in [0, 0.1) is 5.92 Å². The Morgan fingerprint density at radius 2 is 2.08 bits per heavy atom. The summed E-state index contributed by atoms with van der Waals surface area (Å²) in [6, 6.07) is 3.45. The molecule has 2 fully saturated rings. The van der Waals surface area contributed by atoms with Crippen LogP contribution in [0.5, 0.6) is 0 Å². The van der Waals surface area contributed by atoms with Crippen molar-refractivity contribution in [2.45, 2.75) is 37.5 Å². The van der Waals surface area contributed by atoms with E-state index < -0.39 is 5.54 Å². The van der Waals surface area contributed by atoms with Crippen molar-refractivity contribution in [3.05, 3.63) is 30.1 Å². The third kappa shape index (κ3) is 4.00. The lowest BCUT2D eigenvalue weighted by Crippen LogP contribution is -2.53. The molecule has 1 aromatic rings. The maximum absolute atomic E-state index is 13.4. The summed E-state index contributed by atoms with van der Waals surface area (Å²) in [4.78, 5) is 31.6. The molecule has 3 rings (SSSR count). The summed E-state index contributed by atoms with van der Waals surface area (Å²) in [5.74, 6) is 0.713. The number of piperidine rings is 1. The van der Waals surface area contributed by atoms with E-state index in [4.69, 9.17) is 0 Å². The van der Waals surface area contributed by atoms with Gasteiger partial charge in [0.05, 0.1) is 0 Å². The minimum Gasteiger partial charge on any atom is -0.319 e. The number of nitrogens with one attached hydrogen (secondary N) is 2. The first-order chi connectivity index (χ1) is 12.1. The zero-order chi connectivity index (χ0) is 17.9. The number of nitrogens with zero attached hydrogens (tertiary/aromatic N) is 2. The molecule has 1 atom stereocenters. The van der Waals surface area contributed by atoms with Gasteiger partial charge in [-0.15, -0.1) is 12.4 Å². The number of hydrogen-bond donors (Lipinski definition) is 2. The van der Waals surface area contributed by atoms with E-state index >= 15 is 0 Å². The molecule has 26 heavy (non-hydrogen) atoms. The van der Waals surface area contributed by atoms with Gasteiger partial charge in [0.2, 0.25) is 0 Å². The Kier molecular flexibility index (Phi) is 7.32. The highest BCUT2D eigenvalue weighted by Gasteiger charge is 2.56. The Bertz CT molecular complexity index is 625. The molecule has 0 aliphatic carbocycles. The van der Waals surface area contributed by atoms with E-state index in [1.807, 2.05) is 12.1 Å². The average Bonchev–Trinajstić information content (AvgIpc) is 2.88. The van der Waals surface area contributed by atoms with Crippen LogP contribution in [0.25, 0.3) is 0 Å². The maximum atomic E-state index is 13.4. The normalized spacial score (nSPS) is 23.9. The van der Waals surface area contributed by atoms with Crippen LogP contribution < -0.4 is 10.6 Å². The summed E-state index contributed by atoms with van der Waals surface area (Å²) < 4.78 is 0. The Balaban J connectivity index is 0.00000243. The molecule has 0 spiro atoms. The number of rotatable bonds is 6. The molecule has 3 amide bonds. The van der Waals surface area contributed by atoms with Crippen molar-refractivity contribution in [2.24, 2.45) is 5.92 Å². The predicted octanol–water partition coefficient (Wildman–Crippen LogP) is 2.39. The van der Waals surface area contributed by atoms with E-state index in [0.29, 0.717) is 11.8 Å². The minimum absolute atomic E-state index is 0. The van der Waals surface area contributed by atoms with Crippen molar-refractivity contribution in [1.82, 2.24) is 20.5 Å². The standard InChI is InChI=1S/C18H26N4O2S.ClH/c1-13(2)25-11-10-22-16(23)18(21-17(22)24,14-5-8-19-9-6-14)15-4-3-7-20-12-15;/h3-4,7,12-14,19H,5-6,8-11H2,1-2H3,(H,21,24);1H. The minimum atomic E-state index is -0.976. The van der Waals surface area contributed by atoms with Crippen molar-refractivity contribution >= 4 is 36.1 Å². The highest BCUT2D eigenvalue weighted by Crippen LogP contribution is 2.40. The summed E-state index contributed by atoms with van der Waals surface area (Å²) in [6.07, 6.45) is 5.12. The molecule has 2 saturated heterocycles. The number of imide groups is 1. The van der Waals surface area contributed by atoms with E-state index in [1.165, 1.54) is 4.90 Å². The van der Waals surface area contributed by atoms with Gasteiger partial charge in [-0.3, -0.25) is 14.7 Å². The molecule has 0 saturated carbocycles. The Morgan fingerprint density at radius 1 is 1.35 bits per heavy atom. The highest BCUT2D eigenvalue weighted by atomic mass is 35.5. The summed E-state index contributed by atoms with van der Waals surface area (Å²) in [5, 5.41) is 6.87. The van der Waals surface area contributed by atoms with Gasteiger partial charge in [0, 0.05) is 30.3 Å². The van der Waals surface area contributed by atoms with Gasteiger partial charge in [0.1, 0.15) is 0 Å². The number of halogens is 1. The van der Waals surface area contributed by atoms with Gasteiger partial charge in [-0.25, -0.2) is 4.79 Å². The van der Waals surface area contributed by atoms with Gasteiger partial charge in [-0.1, -0.05) is 19.9 Å². The molecular weight excluding hydrogens is 372 g/mol. The summed E-state index contributed by atoms with van der Waals surface area (Å²) in [6.45, 7) is 6.40. The Labute approximate surface area is 165 Å². The van der Waals surface area contributed by atoms with Crippen LogP contribution in [-0.4, -0.2) is 52.5 Å². The molecular formula is C18H27ClN4O2S. The topological polar surface area (TPSA) is 74.3 Å². The van der Waals surface area contributed by atoms with Crippen LogP contribution in [0.1, 0.15) is 32.3 Å². The van der Waals surface area contributed by atoms with Crippen LogP contribution in [-0.2, 0) is 10.3 Å². The van der Waals surface area contributed by atoms with Gasteiger partial charge in [-0.2, -0.15) is 11.8 Å². The SMILES string of the molecule is CC(C)SCCN1C(=O)NC(c2cccnc2)(C2CCNCC2)C1=O.Cl. The van der Waals surface area contributed by atoms with E-state index in [1.54, 1.807) is 24.2 Å². The second-order valence-electron chi connectivity index (χ2n) is 6.88. The first kappa shape index (κ1) is 21.0. The van der Waals surface area contributed by atoms with Crippen LogP contribution in [0.15, 0.2) is 24.5 Å². The van der Waals surface area contributed by atoms with Crippen LogP contribution in [0.3, 0.4) is 0 Å². The number of aromatic nitrogens is 1. The van der Waals surface area contributed by atoms with E-state index in [-0.39, 0.29) is 30.3 Å². The predicted molar refractivity (Wildman–Crippen MR) is 107 cm³/mol. The smallest absolute Gasteiger partial charge is 0.319 e. The number of carbonyl (C=O) groups is 2. The number of carbonyl (C=O) groups excluding carboxylic acids is 2. The molecule has 8 heteroatoms. The zero-order valence-corrected chi connectivity index (χ0v) is 16.9. The fraction of sp³-hybridized carbons (Fsp3) is 0.611. The fourth-order valence-electron chi connectivity index (χ4n) is 3.74. The lowest BCUT2D eigenvalue weighted by atomic mass is 9.74. The number of thioether (sulfide) groups is 1. The Hall–Kier alpha value is -1.31. The molecule has 144 valence electrons. The Morgan fingerprint density at radius 3 is 2.69 bits per heavy atom. The number of amides is 3. The number of urea groups is 1. The zero-order valence-electron chi connectivity index (χ0n) is 15.2. The van der Waals surface area contributed by atoms with Crippen molar-refractivity contribution in [1.29, 1.82) is 0 Å². The van der Waals surface area contributed by atoms with E-state index in [2.05, 4.69) is 29.5 Å². The average molecular weight is 399 g/mol. The molecule has 2 aliphatic rings. The molecule has 6 nitrogen and oxygen atoms in total. The van der Waals surface area contributed by atoms with Gasteiger partial charge in [-0.05, 0) is 43.2 Å². The van der Waals surface area contributed by atoms with E-state index in [9.17, 15) is 9.59 Å². The quantitative estimate of drug-likeness (QED) is 0.720. The highest BCUT2D eigenvalue weighted by molar-refractivity contribution is 7.99. The van der Waals surface area contributed by atoms with Gasteiger partial charge < -0.3 is 10.6 Å². The largest absolute Gasteiger partial charge is 0.325 e. The summed E-state index contributed by atoms with van der Waals surface area (Å²) >= 11 is 1.76. The molecule has 2 aliphatic heterocycles. The molecule has 2 N–H and O–H groups in total. The van der Waals surface area contributed by atoms with Crippen molar-refractivity contribution in [3.8, 4) is 0 Å². The van der Waals surface area contributed by atoms with Crippen LogP contribution >= 0.6 is 24.2 Å². The lowest BCUT2D eigenvalue weighted by Gasteiger charge is -2.37. The molecule has 0 radical (unpaired) electrons. The number of hydrogen-bond acceptors (Lipinski definition) is 5. The first-order valence-corrected chi connectivity index (χ1v) is 9.97. The monoisotopic (exact) mass is 398 g/mol. The van der Waals surface area contributed by atoms with Gasteiger partial charge in [0.15, 0.2) is 5.54 Å². The second-order valence-corrected chi connectivity index (χ2v) is 8.56. The van der Waals surface area contributed by atoms with Crippen molar-refractivity contribution < 1.29 is 9.59 Å². The lowest BCUT2D eigenvalue weighted by molar-refractivity contribution is -0.134. The summed E-state index contributed by atoms with van der Waals surface area (Å²) in [5.41, 5.74) is -0.185. The van der Waals surface area contributed by atoms with Crippen LogP contribution in [0.2, 0.25) is 0 Å². The third-order valence-corrected chi connectivity index (χ3v) is 6.05. The van der Waals surface area contributed by atoms with E-state index in [0.717, 1.165) is 37.2 Å². The van der Waals surface area contributed by atoms with Crippen LogP contribution in [0.4, 0.5) is 4.79 Å².